The van der Waals surface area contributed by atoms with Gasteiger partial charge < -0.3 is 20.3 Å². The minimum atomic E-state index is 0.00129. The van der Waals surface area contributed by atoms with E-state index in [1.165, 1.54) is 5.56 Å². The number of ether oxygens (including phenoxy) is 1. The Balaban J connectivity index is 1.86. The Morgan fingerprint density at radius 3 is 3.10 bits per heavy atom. The molecule has 0 aromatic heterocycles. The van der Waals surface area contributed by atoms with Crippen LogP contribution < -0.4 is 10.6 Å². The van der Waals surface area contributed by atoms with Crippen molar-refractivity contribution in [1.82, 2.24) is 10.2 Å². The number of anilines is 1. The van der Waals surface area contributed by atoms with Gasteiger partial charge in [0.2, 0.25) is 0 Å². The van der Waals surface area contributed by atoms with Gasteiger partial charge in [0.25, 0.3) is 5.91 Å². The fourth-order valence-corrected chi connectivity index (χ4v) is 2.51. The van der Waals surface area contributed by atoms with E-state index in [4.69, 9.17) is 4.74 Å². The van der Waals surface area contributed by atoms with Gasteiger partial charge in [-0.15, -0.1) is 0 Å². The summed E-state index contributed by atoms with van der Waals surface area (Å²) < 4.78 is 5.03. The third kappa shape index (κ3) is 4.44. The van der Waals surface area contributed by atoms with E-state index >= 15 is 0 Å². The molecular weight excluding hydrogens is 266 g/mol. The van der Waals surface area contributed by atoms with E-state index in [1.54, 1.807) is 7.11 Å². The highest BCUT2D eigenvalue weighted by molar-refractivity contribution is 6.00. The van der Waals surface area contributed by atoms with Crippen LogP contribution in [0, 0.1) is 0 Å². The summed E-state index contributed by atoms with van der Waals surface area (Å²) in [4.78, 5) is 14.5. The number of nitrogens with zero attached hydrogens (tertiary/aromatic N) is 1. The molecular formula is C16H25N3O2. The van der Waals surface area contributed by atoms with Crippen LogP contribution in [0.4, 0.5) is 5.69 Å². The number of methoxy groups -OCH3 is 1. The average molecular weight is 291 g/mol. The lowest BCUT2D eigenvalue weighted by atomic mass is 9.99. The Morgan fingerprint density at radius 2 is 2.29 bits per heavy atom. The molecule has 0 saturated heterocycles. The molecule has 0 atom stereocenters. The van der Waals surface area contributed by atoms with Gasteiger partial charge in [-0.05, 0) is 31.5 Å². The summed E-state index contributed by atoms with van der Waals surface area (Å²) in [7, 11) is 3.72. The Kier molecular flexibility index (Phi) is 6.02. The van der Waals surface area contributed by atoms with Gasteiger partial charge in [-0.2, -0.15) is 0 Å². The number of carbonyl (C=O) groups is 1. The fraction of sp³-hybridized carbons (Fsp3) is 0.562. The first-order valence-electron chi connectivity index (χ1n) is 7.54. The van der Waals surface area contributed by atoms with E-state index in [1.807, 2.05) is 19.2 Å². The third-order valence-corrected chi connectivity index (χ3v) is 3.78. The van der Waals surface area contributed by atoms with Crippen LogP contribution in [0.15, 0.2) is 18.2 Å². The van der Waals surface area contributed by atoms with Crippen LogP contribution in [0.5, 0.6) is 0 Å². The average Bonchev–Trinajstić information content (AvgIpc) is 2.52. The van der Waals surface area contributed by atoms with E-state index in [9.17, 15) is 4.79 Å². The number of fused-ring (bicyclic) bond motifs is 1. The first kappa shape index (κ1) is 15.8. The molecule has 0 bridgehead atoms. The standard InChI is InChI=1S/C16H25N3O2/c1-19(11-12-21-2)10-9-18-16(20)14-7-3-5-13-6-4-8-17-15(13)14/h3,5,7,17H,4,6,8-12H2,1-2H3,(H,18,20). The largest absolute Gasteiger partial charge is 0.384 e. The van der Waals surface area contributed by atoms with Gasteiger partial charge in [-0.25, -0.2) is 0 Å². The predicted octanol–water partition coefficient (Wildman–Crippen LogP) is 1.35. The molecule has 0 fully saturated rings. The van der Waals surface area contributed by atoms with Gasteiger partial charge in [0.1, 0.15) is 0 Å². The highest BCUT2D eigenvalue weighted by atomic mass is 16.5. The molecule has 0 radical (unpaired) electrons. The number of aryl methyl sites for hydroxylation is 1. The maximum absolute atomic E-state index is 12.3. The second-order valence-corrected chi connectivity index (χ2v) is 5.42. The lowest BCUT2D eigenvalue weighted by molar-refractivity contribution is 0.0948. The minimum absolute atomic E-state index is 0.00129. The summed E-state index contributed by atoms with van der Waals surface area (Å²) in [6, 6.07) is 5.95. The van der Waals surface area contributed by atoms with Crippen molar-refractivity contribution in [3.8, 4) is 0 Å². The first-order valence-corrected chi connectivity index (χ1v) is 7.54. The number of nitrogens with one attached hydrogen (secondary N) is 2. The Hall–Kier alpha value is -1.59. The highest BCUT2D eigenvalue weighted by Gasteiger charge is 2.16. The second kappa shape index (κ2) is 8.00. The summed E-state index contributed by atoms with van der Waals surface area (Å²) in [5.74, 6) is 0.00129. The molecule has 5 heteroatoms. The molecule has 2 rings (SSSR count). The van der Waals surface area contributed by atoms with Gasteiger partial charge in [0.15, 0.2) is 0 Å². The summed E-state index contributed by atoms with van der Waals surface area (Å²) in [5.41, 5.74) is 3.01. The van der Waals surface area contributed by atoms with Crippen LogP contribution in [0.25, 0.3) is 0 Å². The summed E-state index contributed by atoms with van der Waals surface area (Å²) in [5, 5.41) is 6.35. The van der Waals surface area contributed by atoms with Gasteiger partial charge in [0.05, 0.1) is 17.9 Å². The molecule has 116 valence electrons. The fourth-order valence-electron chi connectivity index (χ4n) is 2.51. The second-order valence-electron chi connectivity index (χ2n) is 5.42. The van der Waals surface area contributed by atoms with Crippen LogP contribution in [0.1, 0.15) is 22.3 Å². The van der Waals surface area contributed by atoms with Crippen molar-refractivity contribution in [2.75, 3.05) is 52.3 Å². The molecule has 0 unspecified atom stereocenters. The van der Waals surface area contributed by atoms with E-state index in [0.29, 0.717) is 13.2 Å². The molecule has 21 heavy (non-hydrogen) atoms. The number of amides is 1. The molecule has 0 aliphatic carbocycles. The highest BCUT2D eigenvalue weighted by Crippen LogP contribution is 2.25. The molecule has 1 amide bonds. The number of carbonyl (C=O) groups excluding carboxylic acids is 1. The number of hydrogen-bond acceptors (Lipinski definition) is 4. The number of rotatable bonds is 7. The normalized spacial score (nSPS) is 13.7. The molecule has 0 saturated carbocycles. The Labute approximate surface area is 126 Å². The van der Waals surface area contributed by atoms with Crippen molar-refractivity contribution in [2.24, 2.45) is 0 Å². The van der Waals surface area contributed by atoms with E-state index in [0.717, 1.165) is 43.7 Å². The smallest absolute Gasteiger partial charge is 0.253 e. The summed E-state index contributed by atoms with van der Waals surface area (Å²) in [6.07, 6.45) is 2.17. The van der Waals surface area contributed by atoms with Gasteiger partial charge in [-0.1, -0.05) is 12.1 Å². The quantitative estimate of drug-likeness (QED) is 0.796. The van der Waals surface area contributed by atoms with Crippen molar-refractivity contribution in [1.29, 1.82) is 0 Å². The number of para-hydroxylation sites is 1. The molecule has 1 aromatic carbocycles. The van der Waals surface area contributed by atoms with Crippen LogP contribution in [-0.2, 0) is 11.2 Å². The molecule has 2 N–H and O–H groups in total. The molecule has 0 spiro atoms. The van der Waals surface area contributed by atoms with Crippen LogP contribution in [-0.4, -0.2) is 57.8 Å². The Bertz CT molecular complexity index is 477. The SMILES string of the molecule is COCCN(C)CCNC(=O)c1cccc2c1NCCC2. The van der Waals surface area contributed by atoms with E-state index in [2.05, 4.69) is 21.6 Å². The van der Waals surface area contributed by atoms with E-state index in [-0.39, 0.29) is 5.91 Å². The first-order chi connectivity index (χ1) is 10.2. The van der Waals surface area contributed by atoms with Crippen molar-refractivity contribution in [2.45, 2.75) is 12.8 Å². The number of likely N-dealkylation sites (N-methyl/N-ethyl adjacent to an activating group) is 1. The van der Waals surface area contributed by atoms with Crippen LogP contribution in [0.3, 0.4) is 0 Å². The monoisotopic (exact) mass is 291 g/mol. The van der Waals surface area contributed by atoms with Crippen molar-refractivity contribution in [3.05, 3.63) is 29.3 Å². The number of hydrogen-bond donors (Lipinski definition) is 2. The zero-order valence-electron chi connectivity index (χ0n) is 12.9. The third-order valence-electron chi connectivity index (χ3n) is 3.78. The summed E-state index contributed by atoms with van der Waals surface area (Å²) in [6.45, 7) is 3.98. The lowest BCUT2D eigenvalue weighted by Crippen LogP contribution is -2.34. The van der Waals surface area contributed by atoms with Crippen LogP contribution >= 0.6 is 0 Å². The zero-order chi connectivity index (χ0) is 15.1. The van der Waals surface area contributed by atoms with Crippen molar-refractivity contribution >= 4 is 11.6 Å². The zero-order valence-corrected chi connectivity index (χ0v) is 12.9. The predicted molar refractivity (Wildman–Crippen MR) is 85.0 cm³/mol. The summed E-state index contributed by atoms with van der Waals surface area (Å²) >= 11 is 0. The maximum atomic E-state index is 12.3. The number of benzene rings is 1. The van der Waals surface area contributed by atoms with E-state index < -0.39 is 0 Å². The molecule has 5 nitrogen and oxygen atoms in total. The van der Waals surface area contributed by atoms with Crippen molar-refractivity contribution in [3.63, 3.8) is 0 Å². The van der Waals surface area contributed by atoms with Crippen molar-refractivity contribution < 1.29 is 9.53 Å². The van der Waals surface area contributed by atoms with Gasteiger partial charge in [-0.3, -0.25) is 4.79 Å². The minimum Gasteiger partial charge on any atom is -0.384 e. The maximum Gasteiger partial charge on any atom is 0.253 e. The van der Waals surface area contributed by atoms with Gasteiger partial charge >= 0.3 is 0 Å². The molecule has 1 aliphatic rings. The topological polar surface area (TPSA) is 53.6 Å². The van der Waals surface area contributed by atoms with Crippen LogP contribution in [0.2, 0.25) is 0 Å². The molecule has 1 heterocycles. The Morgan fingerprint density at radius 1 is 1.43 bits per heavy atom. The molecule has 1 aromatic rings. The molecule has 1 aliphatic heterocycles. The lowest BCUT2D eigenvalue weighted by Gasteiger charge is -2.21. The van der Waals surface area contributed by atoms with Gasteiger partial charge in [0, 0.05) is 33.3 Å².